The molecule has 15 heavy (non-hydrogen) atoms. The second-order valence-corrected chi connectivity index (χ2v) is 4.28. The largest absolute Gasteiger partial charge is 0.303 e. The van der Waals surface area contributed by atoms with Crippen LogP contribution in [0, 0.1) is 10.6 Å². The Morgan fingerprint density at radius 2 is 2.27 bits per heavy atom. The molecular formula is C9H7BrFN3S. The Morgan fingerprint density at radius 3 is 2.80 bits per heavy atom. The van der Waals surface area contributed by atoms with Gasteiger partial charge in [-0.05, 0) is 46.3 Å². The van der Waals surface area contributed by atoms with Crippen molar-refractivity contribution in [1.29, 1.82) is 0 Å². The van der Waals surface area contributed by atoms with Crippen LogP contribution in [0.2, 0.25) is 0 Å². The van der Waals surface area contributed by atoms with E-state index in [9.17, 15) is 4.39 Å². The van der Waals surface area contributed by atoms with Crippen molar-refractivity contribution in [2.75, 3.05) is 0 Å². The van der Waals surface area contributed by atoms with E-state index in [4.69, 9.17) is 12.2 Å². The van der Waals surface area contributed by atoms with Gasteiger partial charge in [0.25, 0.3) is 0 Å². The van der Waals surface area contributed by atoms with Crippen molar-refractivity contribution in [3.05, 3.63) is 33.3 Å². The Balaban J connectivity index is 2.59. The predicted octanol–water partition coefficient (Wildman–Crippen LogP) is 3.05. The van der Waals surface area contributed by atoms with Gasteiger partial charge in [-0.25, -0.2) is 4.39 Å². The second-order valence-electron chi connectivity index (χ2n) is 3.04. The van der Waals surface area contributed by atoms with Crippen LogP contribution in [0.3, 0.4) is 0 Å². The van der Waals surface area contributed by atoms with Gasteiger partial charge in [0.15, 0.2) is 10.6 Å². The molecule has 1 aromatic heterocycles. The van der Waals surface area contributed by atoms with E-state index in [0.717, 1.165) is 0 Å². The van der Waals surface area contributed by atoms with E-state index in [1.807, 2.05) is 0 Å². The number of H-pyrrole nitrogens is 1. The number of rotatable bonds is 1. The van der Waals surface area contributed by atoms with Gasteiger partial charge < -0.3 is 4.57 Å². The molecule has 1 heterocycles. The Bertz CT molecular complexity index is 561. The topological polar surface area (TPSA) is 33.6 Å². The van der Waals surface area contributed by atoms with E-state index in [1.165, 1.54) is 6.07 Å². The molecule has 78 valence electrons. The summed E-state index contributed by atoms with van der Waals surface area (Å²) in [6, 6.07) is 4.83. The molecule has 0 fully saturated rings. The van der Waals surface area contributed by atoms with Crippen LogP contribution in [-0.2, 0) is 7.05 Å². The molecule has 0 unspecified atom stereocenters. The van der Waals surface area contributed by atoms with Crippen LogP contribution in [0.25, 0.3) is 11.4 Å². The first-order valence-corrected chi connectivity index (χ1v) is 5.36. The second kappa shape index (κ2) is 3.86. The molecule has 3 nitrogen and oxygen atoms in total. The zero-order valence-electron chi connectivity index (χ0n) is 7.79. The van der Waals surface area contributed by atoms with Gasteiger partial charge in [0.2, 0.25) is 0 Å². The summed E-state index contributed by atoms with van der Waals surface area (Å²) in [6.45, 7) is 0. The zero-order chi connectivity index (χ0) is 11.0. The Labute approximate surface area is 99.1 Å². The van der Waals surface area contributed by atoms with Crippen molar-refractivity contribution in [2.24, 2.45) is 7.05 Å². The third-order valence-electron chi connectivity index (χ3n) is 2.06. The summed E-state index contributed by atoms with van der Waals surface area (Å²) in [4.78, 5) is 0. The van der Waals surface area contributed by atoms with E-state index in [1.54, 1.807) is 23.7 Å². The van der Waals surface area contributed by atoms with Gasteiger partial charge in [0, 0.05) is 12.6 Å². The molecule has 0 bridgehead atoms. The van der Waals surface area contributed by atoms with E-state index < -0.39 is 0 Å². The zero-order valence-corrected chi connectivity index (χ0v) is 10.2. The number of halogens is 2. The van der Waals surface area contributed by atoms with Gasteiger partial charge in [-0.15, -0.1) is 0 Å². The molecule has 0 radical (unpaired) electrons. The lowest BCUT2D eigenvalue weighted by Gasteiger charge is -2.01. The first-order valence-electron chi connectivity index (χ1n) is 4.16. The number of hydrogen-bond acceptors (Lipinski definition) is 2. The number of nitrogens with one attached hydrogen (secondary N) is 1. The molecule has 0 aliphatic carbocycles. The molecule has 1 aromatic carbocycles. The summed E-state index contributed by atoms with van der Waals surface area (Å²) in [5.74, 6) is 0.299. The third-order valence-corrected chi connectivity index (χ3v) is 3.07. The minimum atomic E-state index is -0.318. The highest BCUT2D eigenvalue weighted by Crippen LogP contribution is 2.22. The smallest absolute Gasteiger partial charge is 0.195 e. The van der Waals surface area contributed by atoms with Crippen molar-refractivity contribution >= 4 is 28.1 Å². The molecule has 2 aromatic rings. The average Bonchev–Trinajstić information content (AvgIpc) is 2.53. The highest BCUT2D eigenvalue weighted by Gasteiger charge is 2.07. The average molecular weight is 288 g/mol. The van der Waals surface area contributed by atoms with Gasteiger partial charge >= 0.3 is 0 Å². The van der Waals surface area contributed by atoms with Crippen LogP contribution in [0.5, 0.6) is 0 Å². The molecule has 1 N–H and O–H groups in total. The SMILES string of the molecule is Cn1c(-c2ccc(Br)c(F)c2)n[nH]c1=S. The molecule has 0 saturated carbocycles. The van der Waals surface area contributed by atoms with Crippen LogP contribution in [-0.4, -0.2) is 14.8 Å². The first kappa shape index (κ1) is 10.5. The lowest BCUT2D eigenvalue weighted by molar-refractivity contribution is 0.621. The summed E-state index contributed by atoms with van der Waals surface area (Å²) < 4.78 is 15.9. The van der Waals surface area contributed by atoms with Crippen LogP contribution in [0.1, 0.15) is 0 Å². The van der Waals surface area contributed by atoms with E-state index in [2.05, 4.69) is 26.1 Å². The molecular weight excluding hydrogens is 281 g/mol. The highest BCUT2D eigenvalue weighted by molar-refractivity contribution is 9.10. The summed E-state index contributed by atoms with van der Waals surface area (Å²) in [5.41, 5.74) is 0.686. The molecule has 0 aliphatic heterocycles. The predicted molar refractivity (Wildman–Crippen MR) is 61.5 cm³/mol. The van der Waals surface area contributed by atoms with Crippen LogP contribution >= 0.6 is 28.1 Å². The quantitative estimate of drug-likeness (QED) is 0.818. The number of hydrogen-bond donors (Lipinski definition) is 1. The molecule has 0 atom stereocenters. The number of benzene rings is 1. The van der Waals surface area contributed by atoms with Crippen molar-refractivity contribution in [1.82, 2.24) is 14.8 Å². The van der Waals surface area contributed by atoms with Crippen LogP contribution in [0.15, 0.2) is 22.7 Å². The fourth-order valence-electron chi connectivity index (χ4n) is 1.24. The minimum Gasteiger partial charge on any atom is -0.303 e. The summed E-state index contributed by atoms with van der Waals surface area (Å²) in [7, 11) is 1.78. The third kappa shape index (κ3) is 1.87. The highest BCUT2D eigenvalue weighted by atomic mass is 79.9. The molecule has 0 spiro atoms. The van der Waals surface area contributed by atoms with Crippen molar-refractivity contribution < 1.29 is 4.39 Å². The van der Waals surface area contributed by atoms with Gasteiger partial charge in [-0.2, -0.15) is 5.10 Å². The number of nitrogens with zero attached hydrogens (tertiary/aromatic N) is 2. The van der Waals surface area contributed by atoms with Gasteiger partial charge in [-0.3, -0.25) is 5.10 Å². The summed E-state index contributed by atoms with van der Waals surface area (Å²) in [5, 5.41) is 6.67. The van der Waals surface area contributed by atoms with E-state index in [0.29, 0.717) is 20.6 Å². The van der Waals surface area contributed by atoms with Crippen LogP contribution < -0.4 is 0 Å². The molecule has 0 aliphatic rings. The Morgan fingerprint density at radius 1 is 1.53 bits per heavy atom. The normalized spacial score (nSPS) is 10.6. The Hall–Kier alpha value is -1.01. The summed E-state index contributed by atoms with van der Waals surface area (Å²) in [6.07, 6.45) is 0. The molecule has 2 rings (SSSR count). The fraction of sp³-hybridized carbons (Fsp3) is 0.111. The minimum absolute atomic E-state index is 0.318. The lowest BCUT2D eigenvalue weighted by atomic mass is 10.2. The number of aromatic nitrogens is 3. The van der Waals surface area contributed by atoms with Crippen LogP contribution in [0.4, 0.5) is 4.39 Å². The maximum atomic E-state index is 13.3. The van der Waals surface area contributed by atoms with Gasteiger partial charge in [0.05, 0.1) is 4.47 Å². The van der Waals surface area contributed by atoms with Gasteiger partial charge in [0.1, 0.15) is 5.82 Å². The molecule has 0 amide bonds. The van der Waals surface area contributed by atoms with Crippen molar-refractivity contribution in [3.63, 3.8) is 0 Å². The standard InChI is InChI=1S/C9H7BrFN3S/c1-14-8(12-13-9(14)15)5-2-3-6(10)7(11)4-5/h2-4H,1H3,(H,13,15). The first-order chi connectivity index (χ1) is 7.09. The summed E-state index contributed by atoms with van der Waals surface area (Å²) >= 11 is 8.07. The van der Waals surface area contributed by atoms with Crippen molar-refractivity contribution in [3.8, 4) is 11.4 Å². The van der Waals surface area contributed by atoms with E-state index in [-0.39, 0.29) is 5.82 Å². The lowest BCUT2D eigenvalue weighted by Crippen LogP contribution is -1.93. The monoisotopic (exact) mass is 287 g/mol. The fourth-order valence-corrected chi connectivity index (χ4v) is 1.62. The Kier molecular flexibility index (Phi) is 2.70. The molecule has 6 heteroatoms. The number of aromatic amines is 1. The van der Waals surface area contributed by atoms with E-state index >= 15 is 0 Å². The molecule has 0 saturated heterocycles. The maximum absolute atomic E-state index is 13.3. The van der Waals surface area contributed by atoms with Gasteiger partial charge in [-0.1, -0.05) is 0 Å². The maximum Gasteiger partial charge on any atom is 0.195 e. The van der Waals surface area contributed by atoms with Crippen molar-refractivity contribution in [2.45, 2.75) is 0 Å².